The molecule has 0 saturated heterocycles. The minimum atomic E-state index is -3.88. The van der Waals surface area contributed by atoms with Gasteiger partial charge < -0.3 is 9.47 Å². The van der Waals surface area contributed by atoms with E-state index in [1.54, 1.807) is 31.2 Å². The number of esters is 1. The monoisotopic (exact) mass is 413 g/mol. The van der Waals surface area contributed by atoms with Gasteiger partial charge in [0.05, 0.1) is 30.4 Å². The lowest BCUT2D eigenvalue weighted by Crippen LogP contribution is -2.17. The highest BCUT2D eigenvalue weighted by molar-refractivity contribution is 9.10. The van der Waals surface area contributed by atoms with Crippen molar-refractivity contribution < 1.29 is 22.7 Å². The van der Waals surface area contributed by atoms with Crippen LogP contribution >= 0.6 is 15.9 Å². The molecule has 0 aromatic heterocycles. The number of hydrogen-bond acceptors (Lipinski definition) is 5. The molecule has 2 aromatic rings. The summed E-state index contributed by atoms with van der Waals surface area (Å²) in [6.45, 7) is 1.79. The van der Waals surface area contributed by atoms with E-state index < -0.39 is 16.0 Å². The van der Waals surface area contributed by atoms with Gasteiger partial charge in [-0.15, -0.1) is 0 Å². The van der Waals surface area contributed by atoms with E-state index in [9.17, 15) is 13.2 Å². The molecule has 0 spiro atoms. The predicted octanol–water partition coefficient (Wildman–Crippen LogP) is 3.35. The Morgan fingerprint density at radius 2 is 1.75 bits per heavy atom. The summed E-state index contributed by atoms with van der Waals surface area (Å²) in [4.78, 5) is 12.0. The minimum Gasteiger partial charge on any atom is -0.497 e. The molecule has 2 aromatic carbocycles. The molecule has 128 valence electrons. The van der Waals surface area contributed by atoms with Gasteiger partial charge in [0.25, 0.3) is 10.0 Å². The number of ether oxygens (including phenoxy) is 2. The van der Waals surface area contributed by atoms with Crippen LogP contribution in [0.25, 0.3) is 0 Å². The van der Waals surface area contributed by atoms with Crippen LogP contribution < -0.4 is 9.46 Å². The van der Waals surface area contributed by atoms with Crippen LogP contribution in [-0.4, -0.2) is 28.6 Å². The number of anilines is 1. The first kappa shape index (κ1) is 18.3. The third kappa shape index (κ3) is 3.88. The molecule has 0 fully saturated rings. The molecule has 0 bridgehead atoms. The lowest BCUT2D eigenvalue weighted by molar-refractivity contribution is 0.0602. The Bertz CT molecular complexity index is 863. The standard InChI is InChI=1S/C16H16BrNO5S/c1-10-8-13(16(19)23-3)15(14(17)9-10)18-24(20,21)12-6-4-11(22-2)5-7-12/h4-9,18H,1-3H3. The molecular weight excluding hydrogens is 398 g/mol. The Hall–Kier alpha value is -2.06. The van der Waals surface area contributed by atoms with Crippen LogP contribution in [0.1, 0.15) is 15.9 Å². The molecule has 0 aliphatic rings. The van der Waals surface area contributed by atoms with Crippen molar-refractivity contribution in [3.8, 4) is 5.75 Å². The second kappa shape index (κ2) is 7.23. The third-order valence-corrected chi connectivity index (χ3v) is 5.24. The molecule has 0 atom stereocenters. The SMILES string of the molecule is COC(=O)c1cc(C)cc(Br)c1NS(=O)(=O)c1ccc(OC)cc1. The van der Waals surface area contributed by atoms with Gasteiger partial charge in [0.2, 0.25) is 0 Å². The van der Waals surface area contributed by atoms with Crippen LogP contribution in [0.2, 0.25) is 0 Å². The number of sulfonamides is 1. The van der Waals surface area contributed by atoms with E-state index in [1.807, 2.05) is 0 Å². The van der Waals surface area contributed by atoms with Gasteiger partial charge in [0.15, 0.2) is 0 Å². The molecule has 0 aliphatic heterocycles. The van der Waals surface area contributed by atoms with Gasteiger partial charge in [0.1, 0.15) is 5.75 Å². The first-order chi connectivity index (χ1) is 11.3. The molecule has 0 amide bonds. The fourth-order valence-corrected chi connectivity index (χ4v) is 3.97. The molecule has 2 rings (SSSR count). The van der Waals surface area contributed by atoms with Crippen molar-refractivity contribution in [2.45, 2.75) is 11.8 Å². The topological polar surface area (TPSA) is 81.7 Å². The van der Waals surface area contributed by atoms with E-state index in [-0.39, 0.29) is 16.1 Å². The summed E-state index contributed by atoms with van der Waals surface area (Å²) in [5.41, 5.74) is 1.04. The number of carbonyl (C=O) groups excluding carboxylic acids is 1. The number of nitrogens with one attached hydrogen (secondary N) is 1. The Kier molecular flexibility index (Phi) is 5.51. The Labute approximate surface area is 149 Å². The highest BCUT2D eigenvalue weighted by atomic mass is 79.9. The first-order valence-corrected chi connectivity index (χ1v) is 9.11. The van der Waals surface area contributed by atoms with Crippen molar-refractivity contribution in [1.82, 2.24) is 0 Å². The van der Waals surface area contributed by atoms with Crippen LogP contribution in [0, 0.1) is 6.92 Å². The van der Waals surface area contributed by atoms with Gasteiger partial charge in [0, 0.05) is 4.47 Å². The highest BCUT2D eigenvalue weighted by Gasteiger charge is 2.22. The maximum Gasteiger partial charge on any atom is 0.340 e. The first-order valence-electron chi connectivity index (χ1n) is 6.84. The van der Waals surface area contributed by atoms with Gasteiger partial charge >= 0.3 is 5.97 Å². The number of halogens is 1. The molecular formula is C16H16BrNO5S. The van der Waals surface area contributed by atoms with E-state index in [0.717, 1.165) is 5.56 Å². The number of methoxy groups -OCH3 is 2. The Morgan fingerprint density at radius 1 is 1.12 bits per heavy atom. The quantitative estimate of drug-likeness (QED) is 0.759. The van der Waals surface area contributed by atoms with Crippen molar-refractivity contribution in [3.63, 3.8) is 0 Å². The molecule has 0 unspecified atom stereocenters. The van der Waals surface area contributed by atoms with Gasteiger partial charge in [-0.2, -0.15) is 0 Å². The molecule has 0 radical (unpaired) electrons. The normalized spacial score (nSPS) is 11.0. The van der Waals surface area contributed by atoms with Crippen molar-refractivity contribution in [1.29, 1.82) is 0 Å². The maximum atomic E-state index is 12.6. The van der Waals surface area contributed by atoms with Gasteiger partial charge in [-0.25, -0.2) is 13.2 Å². The molecule has 8 heteroatoms. The smallest absolute Gasteiger partial charge is 0.340 e. The molecule has 6 nitrogen and oxygen atoms in total. The summed E-state index contributed by atoms with van der Waals surface area (Å²) in [5.74, 6) is -0.0902. The average molecular weight is 414 g/mol. The van der Waals surface area contributed by atoms with Crippen molar-refractivity contribution in [2.24, 2.45) is 0 Å². The summed E-state index contributed by atoms with van der Waals surface area (Å²) in [5, 5.41) is 0. The summed E-state index contributed by atoms with van der Waals surface area (Å²) in [7, 11) is -1.15. The lowest BCUT2D eigenvalue weighted by atomic mass is 10.1. The summed E-state index contributed by atoms with van der Waals surface area (Å²) in [6.07, 6.45) is 0. The zero-order valence-corrected chi connectivity index (χ0v) is 15.7. The van der Waals surface area contributed by atoms with Gasteiger partial charge in [-0.1, -0.05) is 0 Å². The van der Waals surface area contributed by atoms with E-state index in [1.165, 1.54) is 26.4 Å². The summed E-state index contributed by atoms with van der Waals surface area (Å²) < 4.78 is 37.8. The molecule has 1 N–H and O–H groups in total. The zero-order valence-electron chi connectivity index (χ0n) is 13.3. The van der Waals surface area contributed by atoms with E-state index in [4.69, 9.17) is 9.47 Å². The van der Waals surface area contributed by atoms with E-state index in [0.29, 0.717) is 10.2 Å². The number of hydrogen-bond donors (Lipinski definition) is 1. The number of rotatable bonds is 5. The maximum absolute atomic E-state index is 12.6. The fraction of sp³-hybridized carbons (Fsp3) is 0.188. The number of aryl methyl sites for hydroxylation is 1. The summed E-state index contributed by atoms with van der Waals surface area (Å²) >= 11 is 3.29. The highest BCUT2D eigenvalue weighted by Crippen LogP contribution is 2.31. The lowest BCUT2D eigenvalue weighted by Gasteiger charge is -2.14. The third-order valence-electron chi connectivity index (χ3n) is 3.25. The van der Waals surface area contributed by atoms with E-state index >= 15 is 0 Å². The van der Waals surface area contributed by atoms with E-state index in [2.05, 4.69) is 20.7 Å². The predicted molar refractivity (Wildman–Crippen MR) is 94.0 cm³/mol. The van der Waals surface area contributed by atoms with Crippen LogP contribution in [-0.2, 0) is 14.8 Å². The molecule has 0 aliphatic carbocycles. The number of carbonyl (C=O) groups is 1. The largest absolute Gasteiger partial charge is 0.497 e. The van der Waals surface area contributed by atoms with Gasteiger partial charge in [-0.3, -0.25) is 4.72 Å². The van der Waals surface area contributed by atoms with Crippen molar-refractivity contribution in [3.05, 3.63) is 52.0 Å². The van der Waals surface area contributed by atoms with Crippen LogP contribution in [0.3, 0.4) is 0 Å². The second-order valence-corrected chi connectivity index (χ2v) is 7.48. The number of benzene rings is 2. The van der Waals surface area contributed by atoms with Crippen LogP contribution in [0.15, 0.2) is 45.8 Å². The Morgan fingerprint density at radius 3 is 2.29 bits per heavy atom. The minimum absolute atomic E-state index is 0.0478. The molecule has 0 heterocycles. The van der Waals surface area contributed by atoms with Gasteiger partial charge in [-0.05, 0) is 64.8 Å². The van der Waals surface area contributed by atoms with Crippen molar-refractivity contribution in [2.75, 3.05) is 18.9 Å². The fourth-order valence-electron chi connectivity index (χ4n) is 2.07. The zero-order chi connectivity index (χ0) is 17.9. The van der Waals surface area contributed by atoms with Crippen LogP contribution in [0.4, 0.5) is 5.69 Å². The van der Waals surface area contributed by atoms with Crippen LogP contribution in [0.5, 0.6) is 5.75 Å². The average Bonchev–Trinajstić information content (AvgIpc) is 2.56. The molecule has 0 saturated carbocycles. The van der Waals surface area contributed by atoms with Crippen molar-refractivity contribution >= 4 is 37.6 Å². The molecule has 24 heavy (non-hydrogen) atoms. The summed E-state index contributed by atoms with van der Waals surface area (Å²) in [6, 6.07) is 9.18. The Balaban J connectivity index is 2.47. The second-order valence-electron chi connectivity index (χ2n) is 4.94.